The van der Waals surface area contributed by atoms with Crippen LogP contribution in [0.4, 0.5) is 5.69 Å². The lowest BCUT2D eigenvalue weighted by atomic mass is 10.1. The zero-order valence-corrected chi connectivity index (χ0v) is 18.7. The molecule has 2 aromatic carbocycles. The summed E-state index contributed by atoms with van der Waals surface area (Å²) in [6.45, 7) is 5.53. The summed E-state index contributed by atoms with van der Waals surface area (Å²) in [5.41, 5.74) is 5.06. The van der Waals surface area contributed by atoms with E-state index in [1.807, 2.05) is 56.3 Å². The van der Waals surface area contributed by atoms with Crippen molar-refractivity contribution < 1.29 is 14.4 Å². The molecule has 33 heavy (non-hydrogen) atoms. The molecule has 2 heterocycles. The Bertz CT molecular complexity index is 1160. The van der Waals surface area contributed by atoms with Gasteiger partial charge in [0.25, 0.3) is 5.91 Å². The average Bonchev–Trinajstić information content (AvgIpc) is 2.79. The van der Waals surface area contributed by atoms with Crippen LogP contribution in [-0.4, -0.2) is 45.6 Å². The highest BCUT2D eigenvalue weighted by molar-refractivity contribution is 6.35. The lowest BCUT2D eigenvalue weighted by Crippen LogP contribution is -2.53. The van der Waals surface area contributed by atoms with Crippen LogP contribution in [0.5, 0.6) is 0 Å². The summed E-state index contributed by atoms with van der Waals surface area (Å²) in [6, 6.07) is 18.5. The van der Waals surface area contributed by atoms with Gasteiger partial charge >= 0.3 is 11.8 Å². The first-order valence-corrected chi connectivity index (χ1v) is 10.9. The third-order valence-corrected chi connectivity index (χ3v) is 5.55. The molecule has 0 atom stereocenters. The van der Waals surface area contributed by atoms with Crippen LogP contribution in [0.2, 0.25) is 0 Å². The van der Waals surface area contributed by atoms with Crippen LogP contribution in [-0.2, 0) is 22.7 Å². The Hall–Kier alpha value is -4.00. The molecule has 168 valence electrons. The quantitative estimate of drug-likeness (QED) is 0.594. The molecular weight excluding hydrogens is 416 g/mol. The van der Waals surface area contributed by atoms with Crippen molar-refractivity contribution in [2.45, 2.75) is 26.9 Å². The molecule has 7 heteroatoms. The van der Waals surface area contributed by atoms with E-state index in [4.69, 9.17) is 0 Å². The van der Waals surface area contributed by atoms with Crippen molar-refractivity contribution >= 4 is 23.4 Å². The molecule has 0 radical (unpaired) electrons. The zero-order chi connectivity index (χ0) is 23.4. The molecule has 0 aliphatic carbocycles. The Balaban J connectivity index is 1.35. The Kier molecular flexibility index (Phi) is 6.49. The molecular formula is C26H26N4O3. The van der Waals surface area contributed by atoms with Gasteiger partial charge in [-0.05, 0) is 66.9 Å². The van der Waals surface area contributed by atoms with Crippen LogP contribution in [0, 0.1) is 13.8 Å². The maximum absolute atomic E-state index is 12.6. The predicted molar refractivity (Wildman–Crippen MR) is 125 cm³/mol. The third kappa shape index (κ3) is 5.44. The van der Waals surface area contributed by atoms with Crippen molar-refractivity contribution in [2.75, 3.05) is 18.4 Å². The molecule has 0 bridgehead atoms. The molecule has 1 N–H and O–H groups in total. The van der Waals surface area contributed by atoms with E-state index in [9.17, 15) is 14.4 Å². The number of aromatic nitrogens is 1. The van der Waals surface area contributed by atoms with E-state index in [0.717, 1.165) is 28.1 Å². The van der Waals surface area contributed by atoms with Crippen LogP contribution >= 0.6 is 0 Å². The van der Waals surface area contributed by atoms with Crippen molar-refractivity contribution in [3.05, 3.63) is 94.8 Å². The summed E-state index contributed by atoms with van der Waals surface area (Å²) in [5.74, 6) is -1.23. The second kappa shape index (κ2) is 9.65. The Morgan fingerprint density at radius 1 is 0.879 bits per heavy atom. The first-order chi connectivity index (χ1) is 15.9. The van der Waals surface area contributed by atoms with Gasteiger partial charge in [0, 0.05) is 37.1 Å². The largest absolute Gasteiger partial charge is 0.328 e. The highest BCUT2D eigenvalue weighted by Crippen LogP contribution is 2.17. The number of pyridine rings is 1. The van der Waals surface area contributed by atoms with Gasteiger partial charge < -0.3 is 15.1 Å². The number of benzene rings is 2. The van der Waals surface area contributed by atoms with Crippen LogP contribution in [0.25, 0.3) is 0 Å². The number of nitrogens with zero attached hydrogens (tertiary/aromatic N) is 3. The van der Waals surface area contributed by atoms with Gasteiger partial charge in [0.2, 0.25) is 0 Å². The van der Waals surface area contributed by atoms with E-state index in [0.29, 0.717) is 31.7 Å². The van der Waals surface area contributed by atoms with E-state index in [1.54, 1.807) is 23.2 Å². The second-order valence-corrected chi connectivity index (χ2v) is 8.30. The SMILES string of the molecule is Cc1cc(C)cc(NC(=O)c2ccc(CN3CCN(Cc4ccccn4)C(=O)C3=O)cc2)c1. The first kappa shape index (κ1) is 22.2. The van der Waals surface area contributed by atoms with Crippen molar-refractivity contribution in [1.29, 1.82) is 0 Å². The molecule has 1 saturated heterocycles. The molecule has 1 aliphatic heterocycles. The fraction of sp³-hybridized carbons (Fsp3) is 0.231. The van der Waals surface area contributed by atoms with Crippen molar-refractivity contribution in [1.82, 2.24) is 14.8 Å². The topological polar surface area (TPSA) is 82.6 Å². The predicted octanol–water partition coefficient (Wildman–Crippen LogP) is 3.32. The summed E-state index contributed by atoms with van der Waals surface area (Å²) >= 11 is 0. The van der Waals surface area contributed by atoms with Gasteiger partial charge in [0.1, 0.15) is 0 Å². The van der Waals surface area contributed by atoms with Gasteiger partial charge in [0.05, 0.1) is 12.2 Å². The normalized spacial score (nSPS) is 13.9. The number of hydrogen-bond acceptors (Lipinski definition) is 4. The maximum atomic E-state index is 12.6. The number of anilines is 1. The summed E-state index contributed by atoms with van der Waals surface area (Å²) in [7, 11) is 0. The van der Waals surface area contributed by atoms with Gasteiger partial charge in [-0.15, -0.1) is 0 Å². The Labute approximate surface area is 193 Å². The Morgan fingerprint density at radius 3 is 2.12 bits per heavy atom. The van der Waals surface area contributed by atoms with E-state index in [-0.39, 0.29) is 5.91 Å². The molecule has 3 aromatic rings. The summed E-state index contributed by atoms with van der Waals surface area (Å²) in [6.07, 6.45) is 1.67. The lowest BCUT2D eigenvalue weighted by Gasteiger charge is -2.33. The van der Waals surface area contributed by atoms with Gasteiger partial charge in [0.15, 0.2) is 0 Å². The second-order valence-electron chi connectivity index (χ2n) is 8.30. The van der Waals surface area contributed by atoms with E-state index in [2.05, 4.69) is 16.4 Å². The molecule has 1 fully saturated rings. The minimum Gasteiger partial charge on any atom is -0.328 e. The van der Waals surface area contributed by atoms with Gasteiger partial charge in [-0.25, -0.2) is 0 Å². The summed E-state index contributed by atoms with van der Waals surface area (Å²) in [5, 5.41) is 2.92. The third-order valence-electron chi connectivity index (χ3n) is 5.55. The standard InChI is InChI=1S/C26H26N4O3/c1-18-13-19(2)15-23(14-18)28-24(31)21-8-6-20(7-9-21)16-29-11-12-30(26(33)25(29)32)17-22-5-3-4-10-27-22/h3-10,13-15H,11-12,16-17H2,1-2H3,(H,28,31). The van der Waals surface area contributed by atoms with Crippen LogP contribution < -0.4 is 5.32 Å². The fourth-order valence-electron chi connectivity index (χ4n) is 3.94. The molecule has 0 spiro atoms. The minimum atomic E-state index is -0.520. The number of nitrogens with one attached hydrogen (secondary N) is 1. The Morgan fingerprint density at radius 2 is 1.52 bits per heavy atom. The smallest absolute Gasteiger partial charge is 0.312 e. The molecule has 0 unspecified atom stereocenters. The van der Waals surface area contributed by atoms with E-state index in [1.165, 1.54) is 4.90 Å². The molecule has 1 aliphatic rings. The summed E-state index contributed by atoms with van der Waals surface area (Å²) < 4.78 is 0. The lowest BCUT2D eigenvalue weighted by molar-refractivity contribution is -0.156. The number of piperazine rings is 1. The molecule has 1 aromatic heterocycles. The van der Waals surface area contributed by atoms with Gasteiger partial charge in [-0.2, -0.15) is 0 Å². The highest BCUT2D eigenvalue weighted by Gasteiger charge is 2.32. The van der Waals surface area contributed by atoms with Gasteiger partial charge in [-0.3, -0.25) is 19.4 Å². The van der Waals surface area contributed by atoms with Crippen LogP contribution in [0.15, 0.2) is 66.9 Å². The number of aryl methyl sites for hydroxylation is 2. The van der Waals surface area contributed by atoms with Gasteiger partial charge in [-0.1, -0.05) is 24.3 Å². The molecule has 3 amide bonds. The van der Waals surface area contributed by atoms with E-state index >= 15 is 0 Å². The van der Waals surface area contributed by atoms with E-state index < -0.39 is 11.8 Å². The monoisotopic (exact) mass is 442 g/mol. The van der Waals surface area contributed by atoms with Crippen molar-refractivity contribution in [2.24, 2.45) is 0 Å². The number of carbonyl (C=O) groups is 3. The number of rotatable bonds is 6. The van der Waals surface area contributed by atoms with Crippen LogP contribution in [0.3, 0.4) is 0 Å². The van der Waals surface area contributed by atoms with Crippen molar-refractivity contribution in [3.8, 4) is 0 Å². The molecule has 4 rings (SSSR count). The number of hydrogen-bond donors (Lipinski definition) is 1. The van der Waals surface area contributed by atoms with Crippen LogP contribution in [0.1, 0.15) is 32.7 Å². The maximum Gasteiger partial charge on any atom is 0.312 e. The zero-order valence-electron chi connectivity index (χ0n) is 18.7. The number of carbonyl (C=O) groups excluding carboxylic acids is 3. The first-order valence-electron chi connectivity index (χ1n) is 10.9. The highest BCUT2D eigenvalue weighted by atomic mass is 16.2. The molecule has 0 saturated carbocycles. The average molecular weight is 443 g/mol. The van der Waals surface area contributed by atoms with Crippen molar-refractivity contribution in [3.63, 3.8) is 0 Å². The number of amides is 3. The minimum absolute atomic E-state index is 0.194. The summed E-state index contributed by atoms with van der Waals surface area (Å²) in [4.78, 5) is 45.0. The molecule has 7 nitrogen and oxygen atoms in total. The fourth-order valence-corrected chi connectivity index (χ4v) is 3.94.